The van der Waals surface area contributed by atoms with E-state index in [2.05, 4.69) is 4.58 Å². The van der Waals surface area contributed by atoms with Crippen molar-refractivity contribution < 1.29 is 40.7 Å². The normalized spacial score (nSPS) is 14.4. The Morgan fingerprint density at radius 1 is 0.897 bits per heavy atom. The number of phenols is 1. The molecule has 0 spiro atoms. The molecule has 1 unspecified atom stereocenters. The zero-order valence-electron chi connectivity index (χ0n) is 22.1. The van der Waals surface area contributed by atoms with Crippen molar-refractivity contribution in [2.24, 2.45) is 0 Å². The highest BCUT2D eigenvalue weighted by atomic mass is 32.2. The zero-order valence-corrected chi connectivity index (χ0v) is 23.7. The van der Waals surface area contributed by atoms with Crippen molar-refractivity contribution in [1.29, 1.82) is 0 Å². The van der Waals surface area contributed by atoms with Crippen molar-refractivity contribution in [3.8, 4) is 5.75 Å². The molecule has 0 saturated heterocycles. The minimum absolute atomic E-state index is 0.185. The summed E-state index contributed by atoms with van der Waals surface area (Å²) in [5.41, 5.74) is 2.60. The van der Waals surface area contributed by atoms with Crippen LogP contribution in [0.1, 0.15) is 38.8 Å². The van der Waals surface area contributed by atoms with Crippen LogP contribution in [0.25, 0.3) is 5.57 Å². The summed E-state index contributed by atoms with van der Waals surface area (Å²) >= 11 is 0. The smallest absolute Gasteiger partial charge is 0.298 e. The molecule has 210 valence electrons. The fraction of sp³-hybridized carbons (Fsp3) is 0.296. The highest BCUT2D eigenvalue weighted by Gasteiger charge is 2.28. The molecule has 0 saturated carbocycles. The first kappa shape index (κ1) is 30.3. The Kier molecular flexibility index (Phi) is 9.19. The fourth-order valence-electron chi connectivity index (χ4n) is 4.54. The van der Waals surface area contributed by atoms with Crippen LogP contribution < -0.4 is 10.0 Å². The van der Waals surface area contributed by atoms with Crippen molar-refractivity contribution in [3.63, 3.8) is 0 Å². The molecule has 2 aromatic rings. The van der Waals surface area contributed by atoms with Gasteiger partial charge in [0.05, 0.1) is 0 Å². The van der Waals surface area contributed by atoms with Gasteiger partial charge in [0.2, 0.25) is 0 Å². The lowest BCUT2D eigenvalue weighted by molar-refractivity contribution is -0.519. The number of hydrogen-bond acceptors (Lipinski definition) is 7. The first-order chi connectivity index (χ1) is 18.2. The van der Waals surface area contributed by atoms with Crippen LogP contribution in [0.15, 0.2) is 76.1 Å². The summed E-state index contributed by atoms with van der Waals surface area (Å²) in [5, 5.41) is 22.6. The molecule has 0 amide bonds. The Hall–Kier alpha value is -3.29. The molecule has 3 rings (SSSR count). The van der Waals surface area contributed by atoms with Gasteiger partial charge in [0, 0.05) is 29.9 Å². The predicted molar refractivity (Wildman–Crippen MR) is 147 cm³/mol. The van der Waals surface area contributed by atoms with Crippen LogP contribution >= 0.6 is 0 Å². The van der Waals surface area contributed by atoms with E-state index >= 15 is 0 Å². The third-order valence-electron chi connectivity index (χ3n) is 6.44. The van der Waals surface area contributed by atoms with Crippen LogP contribution in [0, 0.1) is 0 Å². The molecule has 1 atom stereocenters. The van der Waals surface area contributed by atoms with Gasteiger partial charge in [-0.05, 0) is 73.9 Å². The maximum atomic E-state index is 12.4. The van der Waals surface area contributed by atoms with E-state index in [1.807, 2.05) is 32.9 Å². The van der Waals surface area contributed by atoms with Gasteiger partial charge in [-0.2, -0.15) is 16.8 Å². The fourth-order valence-corrected chi connectivity index (χ4v) is 5.91. The zero-order chi connectivity index (χ0) is 29.1. The van der Waals surface area contributed by atoms with Crippen molar-refractivity contribution in [2.75, 3.05) is 24.5 Å². The lowest BCUT2D eigenvalue weighted by Crippen LogP contribution is -2.42. The third-order valence-corrected chi connectivity index (χ3v) is 8.21. The third kappa shape index (κ3) is 6.65. The van der Waals surface area contributed by atoms with Crippen LogP contribution in [-0.4, -0.2) is 67.2 Å². The van der Waals surface area contributed by atoms with Gasteiger partial charge in [-0.25, -0.2) is 4.58 Å². The predicted octanol–water partition coefficient (Wildman–Crippen LogP) is 2.84. The molecule has 10 nitrogen and oxygen atoms in total. The Bertz CT molecular complexity index is 1560. The highest BCUT2D eigenvalue weighted by molar-refractivity contribution is 7.86. The Morgan fingerprint density at radius 2 is 1.44 bits per heavy atom. The molecule has 0 aromatic heterocycles. The van der Waals surface area contributed by atoms with Crippen LogP contribution in [0.5, 0.6) is 5.75 Å². The number of benzene rings is 2. The molecular weight excluding hydrogens is 544 g/mol. The van der Waals surface area contributed by atoms with Crippen LogP contribution in [0.4, 0.5) is 5.69 Å². The van der Waals surface area contributed by atoms with Crippen molar-refractivity contribution in [2.45, 2.75) is 43.7 Å². The van der Waals surface area contributed by atoms with E-state index in [0.29, 0.717) is 29.4 Å². The SMILES string of the molecule is CCN(c1ccc(C(=C2C=CC(=[N+](CC)CC)C=C2)c2cc(O)c(S(=O)(=O)O)cc2S(=O)(=O)O)cc1)C(C)[O-]. The molecule has 3 N–H and O–H groups in total. The van der Waals surface area contributed by atoms with Crippen LogP contribution in [0.3, 0.4) is 0 Å². The average Bonchev–Trinajstić information content (AvgIpc) is 2.85. The number of rotatable bonds is 9. The van der Waals surface area contributed by atoms with Crippen molar-refractivity contribution in [3.05, 3.63) is 77.4 Å². The van der Waals surface area contributed by atoms with Gasteiger partial charge in [-0.15, -0.1) is 0 Å². The summed E-state index contributed by atoms with van der Waals surface area (Å²) in [6.07, 6.45) is 6.17. The van der Waals surface area contributed by atoms with E-state index in [0.717, 1.165) is 24.9 Å². The average molecular weight is 577 g/mol. The molecule has 1 aliphatic carbocycles. The summed E-state index contributed by atoms with van der Waals surface area (Å²) in [4.78, 5) is -0.254. The number of anilines is 1. The first-order valence-corrected chi connectivity index (χ1v) is 15.2. The first-order valence-electron chi connectivity index (χ1n) is 12.3. The van der Waals surface area contributed by atoms with E-state index < -0.39 is 42.0 Å². The summed E-state index contributed by atoms with van der Waals surface area (Å²) in [7, 11) is -10.0. The van der Waals surface area contributed by atoms with E-state index in [-0.39, 0.29) is 11.1 Å². The number of aromatic hydroxyl groups is 1. The van der Waals surface area contributed by atoms with Crippen molar-refractivity contribution in [1.82, 2.24) is 0 Å². The molecule has 0 bridgehead atoms. The molecule has 1 aliphatic rings. The maximum Gasteiger partial charge on any atom is 0.298 e. The van der Waals surface area contributed by atoms with Gasteiger partial charge < -0.3 is 15.1 Å². The van der Waals surface area contributed by atoms with Gasteiger partial charge in [0.25, 0.3) is 20.2 Å². The summed E-state index contributed by atoms with van der Waals surface area (Å²) < 4.78 is 70.0. The van der Waals surface area contributed by atoms with Gasteiger partial charge in [-0.3, -0.25) is 9.11 Å². The Labute approximate surface area is 229 Å². The van der Waals surface area contributed by atoms with Crippen molar-refractivity contribution >= 4 is 37.2 Å². The van der Waals surface area contributed by atoms with E-state index in [9.17, 15) is 36.2 Å². The monoisotopic (exact) mass is 576 g/mol. The number of allylic oxidation sites excluding steroid dienone is 5. The van der Waals surface area contributed by atoms with Gasteiger partial charge in [0.15, 0.2) is 5.71 Å². The molecule has 12 heteroatoms. The standard InChI is InChI=1S/C27H32N2O8S2/c1-5-28(6-2)21-12-8-19(9-13-21)27(20-10-14-22(15-11-20)29(7-3)18(4)30)23-16-24(31)26(39(35,36)37)17-25(23)38(32,33)34/h8-18,31H,5-7H2,1-4H3,(H,32,33,34)(H,35,36,37). The summed E-state index contributed by atoms with van der Waals surface area (Å²) in [6.45, 7) is 9.37. The second-order valence-corrected chi connectivity index (χ2v) is 11.6. The molecular formula is C27H32N2O8S2. The second kappa shape index (κ2) is 11.8. The minimum Gasteiger partial charge on any atom is -0.836 e. The molecule has 2 aromatic carbocycles. The summed E-state index contributed by atoms with van der Waals surface area (Å²) in [6, 6.07) is 8.11. The van der Waals surface area contributed by atoms with Gasteiger partial charge in [0.1, 0.15) is 28.6 Å². The van der Waals surface area contributed by atoms with E-state index in [1.165, 1.54) is 6.92 Å². The minimum atomic E-state index is -5.03. The van der Waals surface area contributed by atoms with Gasteiger partial charge in [-0.1, -0.05) is 25.3 Å². The van der Waals surface area contributed by atoms with E-state index in [4.69, 9.17) is 0 Å². The van der Waals surface area contributed by atoms with E-state index in [1.54, 1.807) is 41.3 Å². The quantitative estimate of drug-likeness (QED) is 0.232. The molecule has 0 fully saturated rings. The number of nitrogens with zero attached hydrogens (tertiary/aromatic N) is 2. The molecule has 39 heavy (non-hydrogen) atoms. The van der Waals surface area contributed by atoms with Gasteiger partial charge >= 0.3 is 0 Å². The molecule has 0 radical (unpaired) electrons. The summed E-state index contributed by atoms with van der Waals surface area (Å²) in [5.74, 6) is -0.897. The maximum absolute atomic E-state index is 12.4. The van der Waals surface area contributed by atoms with Crippen LogP contribution in [0.2, 0.25) is 0 Å². The second-order valence-electron chi connectivity index (χ2n) is 8.79. The molecule has 0 heterocycles. The van der Waals surface area contributed by atoms with Crippen LogP contribution in [-0.2, 0) is 20.2 Å². The largest absolute Gasteiger partial charge is 0.836 e. The lowest BCUT2D eigenvalue weighted by Gasteiger charge is -2.34. The Morgan fingerprint density at radius 3 is 1.87 bits per heavy atom. The molecule has 0 aliphatic heterocycles. The topological polar surface area (TPSA) is 158 Å². The number of phenolic OH excluding ortho intramolecular Hbond substituents is 1. The lowest BCUT2D eigenvalue weighted by atomic mass is 9.90. The Balaban J connectivity index is 2.38. The number of hydrogen-bond donors (Lipinski definition) is 3. The highest BCUT2D eigenvalue weighted by Crippen LogP contribution is 2.39.